The summed E-state index contributed by atoms with van der Waals surface area (Å²) in [4.78, 5) is 22.7. The molecule has 0 atom stereocenters. The van der Waals surface area contributed by atoms with E-state index in [4.69, 9.17) is 18.9 Å². The van der Waals surface area contributed by atoms with Crippen LogP contribution in [0.1, 0.15) is 49.0 Å². The van der Waals surface area contributed by atoms with Gasteiger partial charge in [-0.05, 0) is 49.9 Å². The molecule has 7 heteroatoms. The zero-order chi connectivity index (χ0) is 22.8. The molecule has 0 radical (unpaired) electrons. The molecule has 0 aliphatic rings. The van der Waals surface area contributed by atoms with Gasteiger partial charge in [-0.25, -0.2) is 0 Å². The van der Waals surface area contributed by atoms with Crippen LogP contribution in [0.15, 0.2) is 30.3 Å². The van der Waals surface area contributed by atoms with Crippen molar-refractivity contribution in [3.63, 3.8) is 0 Å². The Labute approximate surface area is 182 Å². The van der Waals surface area contributed by atoms with Crippen LogP contribution in [-0.4, -0.2) is 37.7 Å². The van der Waals surface area contributed by atoms with E-state index in [1.54, 1.807) is 37.3 Å². The van der Waals surface area contributed by atoms with Crippen molar-refractivity contribution in [1.29, 1.82) is 0 Å². The molecule has 0 saturated carbocycles. The molecule has 1 N–H and O–H groups in total. The highest BCUT2D eigenvalue weighted by Gasteiger charge is 2.17. The van der Waals surface area contributed by atoms with Crippen molar-refractivity contribution in [2.75, 3.05) is 20.3 Å². The summed E-state index contributed by atoms with van der Waals surface area (Å²) in [5.41, 5.74) is 0.893. The van der Waals surface area contributed by atoms with E-state index in [0.717, 1.165) is 12.8 Å². The van der Waals surface area contributed by atoms with Crippen molar-refractivity contribution < 1.29 is 33.6 Å². The van der Waals surface area contributed by atoms with Crippen molar-refractivity contribution in [3.8, 4) is 28.7 Å². The molecular formula is C24H30O7. The Balaban J connectivity index is 1.83. The molecular weight excluding hydrogens is 400 g/mol. The van der Waals surface area contributed by atoms with Gasteiger partial charge < -0.3 is 24.1 Å². The number of ketones is 1. The minimum Gasteiger partial charge on any atom is -0.507 e. The van der Waals surface area contributed by atoms with E-state index in [2.05, 4.69) is 0 Å². The summed E-state index contributed by atoms with van der Waals surface area (Å²) in [5.74, 6) is 2.11. The fourth-order valence-electron chi connectivity index (χ4n) is 3.01. The van der Waals surface area contributed by atoms with Crippen molar-refractivity contribution >= 4 is 12.3 Å². The largest absolute Gasteiger partial charge is 0.507 e. The second-order valence-corrected chi connectivity index (χ2v) is 7.54. The van der Waals surface area contributed by atoms with E-state index in [-0.39, 0.29) is 17.5 Å². The van der Waals surface area contributed by atoms with Gasteiger partial charge in [-0.1, -0.05) is 13.8 Å². The molecule has 0 amide bonds. The number of hydrogen-bond acceptors (Lipinski definition) is 7. The fourth-order valence-corrected chi connectivity index (χ4v) is 3.01. The molecule has 0 fully saturated rings. The molecule has 0 bridgehead atoms. The molecule has 2 aromatic rings. The van der Waals surface area contributed by atoms with E-state index < -0.39 is 0 Å². The Kier molecular flexibility index (Phi) is 9.18. The highest BCUT2D eigenvalue weighted by atomic mass is 16.5. The maximum atomic E-state index is 12.2. The molecule has 0 saturated heterocycles. The van der Waals surface area contributed by atoms with Crippen LogP contribution in [0.3, 0.4) is 0 Å². The van der Waals surface area contributed by atoms with E-state index in [1.807, 2.05) is 13.8 Å². The van der Waals surface area contributed by atoms with Crippen LogP contribution >= 0.6 is 0 Å². The number of aromatic hydroxyl groups is 1. The average molecular weight is 430 g/mol. The van der Waals surface area contributed by atoms with Crippen LogP contribution in [0.4, 0.5) is 0 Å². The molecule has 2 rings (SSSR count). The SMILES string of the molecule is COc1ccc(OC=O)cc1OCCCCOc1ccc(C(=O)CC(C)C)c(O)c1C. The Bertz CT molecular complexity index is 890. The standard InChI is InChI=1S/C24H30O7/c1-16(2)13-20(26)19-8-10-21(17(3)24(19)27)29-11-5-6-12-30-23-14-18(31-15-25)7-9-22(23)28-4/h7-10,14-16,27H,5-6,11-13H2,1-4H3. The van der Waals surface area contributed by atoms with Crippen LogP contribution in [0.5, 0.6) is 28.7 Å². The summed E-state index contributed by atoms with van der Waals surface area (Å²) in [5, 5.41) is 10.4. The molecule has 0 unspecified atom stereocenters. The Morgan fingerprint density at radius 1 is 1.03 bits per heavy atom. The first kappa shape index (κ1) is 24.1. The minimum atomic E-state index is -0.0719. The van der Waals surface area contributed by atoms with E-state index in [9.17, 15) is 14.7 Å². The van der Waals surface area contributed by atoms with Gasteiger partial charge in [0.05, 0.1) is 25.9 Å². The van der Waals surface area contributed by atoms with Crippen molar-refractivity contribution in [3.05, 3.63) is 41.5 Å². The Morgan fingerprint density at radius 2 is 1.68 bits per heavy atom. The maximum absolute atomic E-state index is 12.2. The van der Waals surface area contributed by atoms with Crippen LogP contribution in [0.25, 0.3) is 0 Å². The van der Waals surface area contributed by atoms with Gasteiger partial charge in [0.25, 0.3) is 6.47 Å². The number of unbranched alkanes of at least 4 members (excludes halogenated alkanes) is 1. The lowest BCUT2D eigenvalue weighted by Crippen LogP contribution is -2.06. The van der Waals surface area contributed by atoms with Gasteiger partial charge in [-0.15, -0.1) is 0 Å². The fraction of sp³-hybridized carbons (Fsp3) is 0.417. The summed E-state index contributed by atoms with van der Waals surface area (Å²) in [6.45, 7) is 6.89. The topological polar surface area (TPSA) is 91.3 Å². The van der Waals surface area contributed by atoms with Crippen molar-refractivity contribution in [2.45, 2.75) is 40.0 Å². The van der Waals surface area contributed by atoms with E-state index in [0.29, 0.717) is 60.2 Å². The number of Topliss-reactive ketones (excluding diaryl/α,β-unsaturated/α-hetero) is 1. The lowest BCUT2D eigenvalue weighted by molar-refractivity contribution is -0.120. The number of methoxy groups -OCH3 is 1. The number of benzene rings is 2. The third-order valence-electron chi connectivity index (χ3n) is 4.65. The zero-order valence-corrected chi connectivity index (χ0v) is 18.5. The minimum absolute atomic E-state index is 0.0176. The second-order valence-electron chi connectivity index (χ2n) is 7.54. The Hall–Kier alpha value is -3.22. The molecule has 0 aliphatic heterocycles. The molecule has 0 heterocycles. The molecule has 168 valence electrons. The molecule has 0 aliphatic carbocycles. The second kappa shape index (κ2) is 11.8. The van der Waals surface area contributed by atoms with Crippen LogP contribution in [0.2, 0.25) is 0 Å². The van der Waals surface area contributed by atoms with Crippen LogP contribution < -0.4 is 18.9 Å². The third-order valence-corrected chi connectivity index (χ3v) is 4.65. The number of hydrogen-bond donors (Lipinski definition) is 1. The number of carbonyl (C=O) groups excluding carboxylic acids is 2. The van der Waals surface area contributed by atoms with Gasteiger partial charge >= 0.3 is 0 Å². The highest BCUT2D eigenvalue weighted by molar-refractivity contribution is 5.99. The molecule has 0 aromatic heterocycles. The highest BCUT2D eigenvalue weighted by Crippen LogP contribution is 2.33. The third kappa shape index (κ3) is 6.91. The first-order valence-electron chi connectivity index (χ1n) is 10.3. The summed E-state index contributed by atoms with van der Waals surface area (Å²) >= 11 is 0. The van der Waals surface area contributed by atoms with Gasteiger partial charge in [-0.2, -0.15) is 0 Å². The monoisotopic (exact) mass is 430 g/mol. The number of phenolic OH excluding ortho intramolecular Hbond substituents is 1. The van der Waals surface area contributed by atoms with Gasteiger partial charge in [0.15, 0.2) is 17.3 Å². The van der Waals surface area contributed by atoms with Crippen LogP contribution in [-0.2, 0) is 4.79 Å². The maximum Gasteiger partial charge on any atom is 0.298 e. The lowest BCUT2D eigenvalue weighted by Gasteiger charge is -2.14. The molecule has 7 nitrogen and oxygen atoms in total. The Morgan fingerprint density at radius 3 is 2.29 bits per heavy atom. The van der Waals surface area contributed by atoms with Crippen LogP contribution in [0, 0.1) is 12.8 Å². The van der Waals surface area contributed by atoms with Gasteiger partial charge in [0, 0.05) is 18.1 Å². The normalized spacial score (nSPS) is 10.6. The average Bonchev–Trinajstić information content (AvgIpc) is 2.73. The number of rotatable bonds is 13. The summed E-state index contributed by atoms with van der Waals surface area (Å²) < 4.78 is 21.6. The first-order chi connectivity index (χ1) is 14.9. The van der Waals surface area contributed by atoms with Crippen molar-refractivity contribution in [2.24, 2.45) is 5.92 Å². The van der Waals surface area contributed by atoms with E-state index >= 15 is 0 Å². The molecule has 31 heavy (non-hydrogen) atoms. The van der Waals surface area contributed by atoms with Gasteiger partial charge in [-0.3, -0.25) is 9.59 Å². The lowest BCUT2D eigenvalue weighted by atomic mass is 9.98. The number of carbonyl (C=O) groups is 2. The predicted octanol–water partition coefficient (Wildman–Crippen LogP) is 4.71. The molecule has 2 aromatic carbocycles. The van der Waals surface area contributed by atoms with Crippen molar-refractivity contribution in [1.82, 2.24) is 0 Å². The van der Waals surface area contributed by atoms with E-state index in [1.165, 1.54) is 7.11 Å². The first-order valence-corrected chi connectivity index (χ1v) is 10.3. The summed E-state index contributed by atoms with van der Waals surface area (Å²) in [6, 6.07) is 8.22. The number of phenols is 1. The molecule has 0 spiro atoms. The van der Waals surface area contributed by atoms with Gasteiger partial charge in [0.2, 0.25) is 0 Å². The number of ether oxygens (including phenoxy) is 4. The predicted molar refractivity (Wildman–Crippen MR) is 117 cm³/mol. The summed E-state index contributed by atoms with van der Waals surface area (Å²) in [7, 11) is 1.54. The van der Waals surface area contributed by atoms with Gasteiger partial charge in [0.1, 0.15) is 17.2 Å². The summed E-state index contributed by atoms with van der Waals surface area (Å²) in [6.07, 6.45) is 1.83. The zero-order valence-electron chi connectivity index (χ0n) is 18.5. The quantitative estimate of drug-likeness (QED) is 0.279. The smallest absolute Gasteiger partial charge is 0.298 e.